The molecule has 0 aromatic carbocycles. The van der Waals surface area contributed by atoms with Gasteiger partial charge in [0.15, 0.2) is 0 Å². The van der Waals surface area contributed by atoms with Crippen LogP contribution in [0.5, 0.6) is 0 Å². The van der Waals surface area contributed by atoms with E-state index in [0.717, 1.165) is 0 Å². The van der Waals surface area contributed by atoms with Gasteiger partial charge < -0.3 is 35.7 Å². The van der Waals surface area contributed by atoms with Gasteiger partial charge >= 0.3 is 118 Å². The molecule has 0 fully saturated rings. The summed E-state index contributed by atoms with van der Waals surface area (Å²) in [6, 6.07) is 0. The predicted octanol–water partition coefficient (Wildman–Crippen LogP) is -17.7. The van der Waals surface area contributed by atoms with Gasteiger partial charge in [-0.2, -0.15) is 0 Å². The van der Waals surface area contributed by atoms with Crippen molar-refractivity contribution in [3.05, 3.63) is 0 Å². The van der Waals surface area contributed by atoms with Gasteiger partial charge in [0.05, 0.1) is 0 Å². The largest absolute Gasteiger partial charge is 1.00 e. The molecule has 0 saturated carbocycles. The van der Waals surface area contributed by atoms with Crippen LogP contribution < -0.4 is 145 Å². The maximum atomic E-state index is 8.48. The van der Waals surface area contributed by atoms with Gasteiger partial charge in [0.25, 0.3) is 0 Å². The summed E-state index contributed by atoms with van der Waals surface area (Å²) in [5, 5.41) is 0. The van der Waals surface area contributed by atoms with E-state index < -0.39 is 8.60 Å². The molecule has 9 heteroatoms. The summed E-state index contributed by atoms with van der Waals surface area (Å²) in [5.74, 6) is 0. The molecule has 3 nitrogen and oxygen atoms in total. The summed E-state index contributed by atoms with van der Waals surface area (Å²) in [7, 11) is -3.37. The molecule has 0 aliphatic carbocycles. The number of hydrogen-bond donors (Lipinski definition) is 0. The quantitative estimate of drug-likeness (QED) is 0.292. The molecule has 0 atom stereocenters. The summed E-state index contributed by atoms with van der Waals surface area (Å²) in [4.78, 5) is 25.4. The van der Waals surface area contributed by atoms with Crippen molar-refractivity contribution in [1.82, 2.24) is 0 Å². The fourth-order valence-electron chi connectivity index (χ4n) is 0. The zero-order chi connectivity index (χ0) is 3.58. The third-order valence-electron chi connectivity index (χ3n) is 0. The number of hydrogen-bond acceptors (Lipinski definition) is 3. The third kappa shape index (κ3) is 66.9. The van der Waals surface area contributed by atoms with Crippen molar-refractivity contribution in [2.24, 2.45) is 0 Å². The minimum Gasteiger partial charge on any atom is -1.00 e. The van der Waals surface area contributed by atoms with Crippen LogP contribution in [0.2, 0.25) is 0 Å². The van der Waals surface area contributed by atoms with Crippen LogP contribution in [0.1, 0.15) is 0 Å². The molecule has 0 heterocycles. The van der Waals surface area contributed by atoms with E-state index in [0.29, 0.717) is 0 Å². The van der Waals surface area contributed by atoms with Gasteiger partial charge in [0, 0.05) is 0 Å². The molecule has 0 aliphatic heterocycles. The first-order valence-electron chi connectivity index (χ1n) is 0.548. The van der Waals surface area contributed by atoms with E-state index in [4.69, 9.17) is 14.7 Å². The van der Waals surface area contributed by atoms with Gasteiger partial charge in [0.1, 0.15) is 0 Å². The van der Waals surface area contributed by atoms with Gasteiger partial charge in [-0.3, -0.25) is 0 Å². The van der Waals surface area contributed by atoms with Crippen LogP contribution in [0.4, 0.5) is 0 Å². The third-order valence-corrected chi connectivity index (χ3v) is 0. The molecule has 0 saturated heterocycles. The summed E-state index contributed by atoms with van der Waals surface area (Å²) in [6.45, 7) is 0. The summed E-state index contributed by atoms with van der Waals surface area (Å²) in [5.41, 5.74) is 0. The first-order valence-corrected chi connectivity index (χ1v) is 1.64. The molecule has 0 unspecified atom stereocenters. The fourth-order valence-corrected chi connectivity index (χ4v) is 0. The normalized spacial score (nSPS) is 4.00. The van der Waals surface area contributed by atoms with Gasteiger partial charge in [-0.1, -0.05) is 0 Å². The number of rotatable bonds is 0. The molecule has 0 spiro atoms. The Kier molecular flexibility index (Phi) is 122. The van der Waals surface area contributed by atoms with E-state index in [1.165, 1.54) is 0 Å². The summed E-state index contributed by atoms with van der Waals surface area (Å²) in [6.07, 6.45) is 0. The van der Waals surface area contributed by atoms with Crippen LogP contribution in [0.15, 0.2) is 0 Å². The minimum atomic E-state index is -3.37. The second-order valence-electron chi connectivity index (χ2n) is 0.224. The van der Waals surface area contributed by atoms with E-state index in [-0.39, 0.29) is 131 Å². The standard InChI is InChI=1S/ClH.4Na.O3P/c;;;;;1-4(2)3/h1H;;;;;/q;4*+1;-3/p-1. The molecule has 0 rings (SSSR count). The van der Waals surface area contributed by atoms with Crippen molar-refractivity contribution < 1.29 is 145 Å². The Morgan fingerprint density at radius 3 is 0.667 bits per heavy atom. The summed E-state index contributed by atoms with van der Waals surface area (Å²) >= 11 is 0. The molecule has 0 aliphatic rings. The Balaban J connectivity index is -0.00000000450. The van der Waals surface area contributed by atoms with Crippen LogP contribution in [0.3, 0.4) is 0 Å². The van der Waals surface area contributed by atoms with Gasteiger partial charge in [-0.15, -0.1) is 0 Å². The molecule has 0 bridgehead atoms. The van der Waals surface area contributed by atoms with Gasteiger partial charge in [-0.25, -0.2) is 0 Å². The topological polar surface area (TPSA) is 69.2 Å². The number of halogens is 1. The van der Waals surface area contributed by atoms with E-state index >= 15 is 0 Å². The van der Waals surface area contributed by atoms with Crippen LogP contribution >= 0.6 is 8.60 Å². The van der Waals surface area contributed by atoms with Crippen LogP contribution in [-0.2, 0) is 0 Å². The summed E-state index contributed by atoms with van der Waals surface area (Å²) < 4.78 is 0. The van der Waals surface area contributed by atoms with Crippen LogP contribution in [0.25, 0.3) is 0 Å². The van der Waals surface area contributed by atoms with E-state index in [2.05, 4.69) is 0 Å². The Morgan fingerprint density at radius 1 is 0.667 bits per heavy atom. The van der Waals surface area contributed by atoms with Crippen molar-refractivity contribution in [2.45, 2.75) is 0 Å². The Labute approximate surface area is 150 Å². The first-order chi connectivity index (χ1) is 1.73. The Bertz CT molecular complexity index is 20.5. The van der Waals surface area contributed by atoms with Crippen molar-refractivity contribution in [2.75, 3.05) is 0 Å². The van der Waals surface area contributed by atoms with Crippen LogP contribution in [-0.4, -0.2) is 0 Å². The van der Waals surface area contributed by atoms with Crippen LogP contribution in [0, 0.1) is 0 Å². The molecule has 0 amide bonds. The van der Waals surface area contributed by atoms with E-state index in [1.807, 2.05) is 0 Å². The predicted molar refractivity (Wildman–Crippen MR) is 6.92 cm³/mol. The van der Waals surface area contributed by atoms with Crippen molar-refractivity contribution >= 4 is 8.60 Å². The maximum Gasteiger partial charge on any atom is 1.00 e. The fraction of sp³-hybridized carbons (Fsp3) is 0. The van der Waals surface area contributed by atoms with Gasteiger partial charge in [0.2, 0.25) is 0 Å². The zero-order valence-corrected chi connectivity index (χ0v) is 15.7. The minimum absolute atomic E-state index is 0. The van der Waals surface area contributed by atoms with Crippen molar-refractivity contribution in [1.29, 1.82) is 0 Å². The molecule has 0 aromatic heterocycles. The average Bonchev–Trinajstić information content (AvgIpc) is 0.811. The van der Waals surface area contributed by atoms with Gasteiger partial charge in [-0.05, 0) is 0 Å². The molecular formula is ClNa4O3P. The van der Waals surface area contributed by atoms with E-state index in [1.54, 1.807) is 0 Å². The molecular weight excluding hydrogens is 206 g/mol. The molecule has 0 N–H and O–H groups in total. The van der Waals surface area contributed by atoms with Crippen molar-refractivity contribution in [3.8, 4) is 0 Å². The molecule has 9 heavy (non-hydrogen) atoms. The molecule has 0 radical (unpaired) electrons. The monoisotopic (exact) mass is 206 g/mol. The molecule has 0 aromatic rings. The first kappa shape index (κ1) is 37.4. The Morgan fingerprint density at radius 2 is 0.667 bits per heavy atom. The SMILES string of the molecule is [Cl-].[Na+].[Na+].[Na+].[Na+].[O-]P([O-])[O-]. The second-order valence-corrected chi connectivity index (χ2v) is 0.671. The zero-order valence-electron chi connectivity index (χ0n) is 6.05. The van der Waals surface area contributed by atoms with Crippen molar-refractivity contribution in [3.63, 3.8) is 0 Å². The molecule has 34 valence electrons. The smallest absolute Gasteiger partial charge is 1.00 e. The average molecular weight is 206 g/mol. The maximum absolute atomic E-state index is 8.48. The van der Waals surface area contributed by atoms with E-state index in [9.17, 15) is 0 Å². The Hall–Kier alpha value is 4.60. The second kappa shape index (κ2) is 29.4.